The standard InChI is InChI=1S/C5H8BrF3O3S/c1-3(6)4(2)12-13(10,11)5(7,8)9/h3-4H,1-2H3. The van der Waals surface area contributed by atoms with Crippen LogP contribution in [0.5, 0.6) is 0 Å². The fraction of sp³-hybridized carbons (Fsp3) is 1.00. The van der Waals surface area contributed by atoms with Crippen LogP contribution in [0.2, 0.25) is 0 Å². The molecule has 2 unspecified atom stereocenters. The molecule has 0 saturated heterocycles. The maximum atomic E-state index is 11.7. The molecule has 0 spiro atoms. The van der Waals surface area contributed by atoms with E-state index in [0.717, 1.165) is 0 Å². The third-order valence-electron chi connectivity index (χ3n) is 1.21. The van der Waals surface area contributed by atoms with Gasteiger partial charge in [-0.3, -0.25) is 4.18 Å². The predicted octanol–water partition coefficient (Wildman–Crippen LogP) is 2.02. The van der Waals surface area contributed by atoms with Crippen LogP contribution in [0.15, 0.2) is 0 Å². The van der Waals surface area contributed by atoms with Crippen molar-refractivity contribution in [2.24, 2.45) is 0 Å². The topological polar surface area (TPSA) is 43.4 Å². The number of hydrogen-bond donors (Lipinski definition) is 0. The third kappa shape index (κ3) is 3.82. The molecular formula is C5H8BrF3O3S. The minimum Gasteiger partial charge on any atom is -0.259 e. The minimum absolute atomic E-state index is 0.482. The Bertz CT molecular complexity index is 259. The van der Waals surface area contributed by atoms with Gasteiger partial charge in [-0.25, -0.2) is 0 Å². The van der Waals surface area contributed by atoms with Gasteiger partial charge in [0.15, 0.2) is 0 Å². The van der Waals surface area contributed by atoms with Crippen molar-refractivity contribution in [3.63, 3.8) is 0 Å². The summed E-state index contributed by atoms with van der Waals surface area (Å²) >= 11 is 2.90. The second-order valence-electron chi connectivity index (χ2n) is 2.38. The van der Waals surface area contributed by atoms with Gasteiger partial charge in [-0.2, -0.15) is 21.6 Å². The zero-order valence-corrected chi connectivity index (χ0v) is 9.20. The van der Waals surface area contributed by atoms with Crippen LogP contribution < -0.4 is 0 Å². The van der Waals surface area contributed by atoms with Crippen LogP contribution in [-0.2, 0) is 14.3 Å². The molecule has 0 aromatic carbocycles. The fourth-order valence-corrected chi connectivity index (χ4v) is 1.26. The minimum atomic E-state index is -5.47. The van der Waals surface area contributed by atoms with Crippen LogP contribution in [0.3, 0.4) is 0 Å². The monoisotopic (exact) mass is 284 g/mol. The van der Waals surface area contributed by atoms with Gasteiger partial charge >= 0.3 is 15.6 Å². The molecule has 0 amide bonds. The van der Waals surface area contributed by atoms with Crippen LogP contribution in [0.25, 0.3) is 0 Å². The molecule has 0 aromatic heterocycles. The molecular weight excluding hydrogens is 277 g/mol. The van der Waals surface area contributed by atoms with Crippen molar-refractivity contribution in [3.8, 4) is 0 Å². The van der Waals surface area contributed by atoms with Gasteiger partial charge in [0.25, 0.3) is 0 Å². The third-order valence-corrected chi connectivity index (χ3v) is 3.08. The van der Waals surface area contributed by atoms with E-state index in [4.69, 9.17) is 0 Å². The molecule has 0 aliphatic carbocycles. The van der Waals surface area contributed by atoms with Crippen LogP contribution in [0, 0.1) is 0 Å². The van der Waals surface area contributed by atoms with Gasteiger partial charge in [-0.15, -0.1) is 0 Å². The summed E-state index contributed by atoms with van der Waals surface area (Å²) in [5, 5.41) is 0. The predicted molar refractivity (Wildman–Crippen MR) is 43.9 cm³/mol. The molecule has 0 aliphatic rings. The molecule has 3 nitrogen and oxygen atoms in total. The zero-order chi connectivity index (χ0) is 10.9. The molecule has 0 radical (unpaired) electrons. The van der Waals surface area contributed by atoms with Crippen molar-refractivity contribution >= 4 is 26.0 Å². The van der Waals surface area contributed by atoms with Gasteiger partial charge in [-0.1, -0.05) is 22.9 Å². The molecule has 2 atom stereocenters. The highest BCUT2D eigenvalue weighted by molar-refractivity contribution is 9.09. The van der Waals surface area contributed by atoms with E-state index in [1.165, 1.54) is 13.8 Å². The summed E-state index contributed by atoms with van der Waals surface area (Å²) in [6.07, 6.45) is -1.06. The summed E-state index contributed by atoms with van der Waals surface area (Å²) in [4.78, 5) is -0.482. The van der Waals surface area contributed by atoms with Crippen molar-refractivity contribution in [2.75, 3.05) is 0 Å². The molecule has 13 heavy (non-hydrogen) atoms. The van der Waals surface area contributed by atoms with Gasteiger partial charge in [0.1, 0.15) is 0 Å². The molecule has 0 rings (SSSR count). The number of alkyl halides is 4. The van der Waals surface area contributed by atoms with E-state index < -0.39 is 26.6 Å². The second-order valence-corrected chi connectivity index (χ2v) is 5.39. The van der Waals surface area contributed by atoms with E-state index in [2.05, 4.69) is 20.1 Å². The van der Waals surface area contributed by atoms with E-state index in [-0.39, 0.29) is 0 Å². The second kappa shape index (κ2) is 4.14. The molecule has 8 heteroatoms. The van der Waals surface area contributed by atoms with Crippen molar-refractivity contribution in [1.82, 2.24) is 0 Å². The highest BCUT2D eigenvalue weighted by Gasteiger charge is 2.48. The lowest BCUT2D eigenvalue weighted by atomic mass is 10.3. The summed E-state index contributed by atoms with van der Waals surface area (Å²) in [6.45, 7) is 2.71. The van der Waals surface area contributed by atoms with Crippen LogP contribution in [0.4, 0.5) is 13.2 Å². The molecule has 0 saturated carbocycles. The van der Waals surface area contributed by atoms with Crippen LogP contribution in [0.1, 0.15) is 13.8 Å². The Hall–Kier alpha value is 0.180. The highest BCUT2D eigenvalue weighted by Crippen LogP contribution is 2.26. The van der Waals surface area contributed by atoms with E-state index in [0.29, 0.717) is 0 Å². The Morgan fingerprint density at radius 3 is 1.92 bits per heavy atom. The summed E-state index contributed by atoms with van der Waals surface area (Å²) < 4.78 is 59.8. The zero-order valence-electron chi connectivity index (χ0n) is 6.80. The quantitative estimate of drug-likeness (QED) is 0.452. The van der Waals surface area contributed by atoms with Crippen molar-refractivity contribution < 1.29 is 25.8 Å². The largest absolute Gasteiger partial charge is 0.523 e. The Kier molecular flexibility index (Phi) is 4.20. The molecule has 80 valence electrons. The Labute approximate surface area is 82.5 Å². The van der Waals surface area contributed by atoms with E-state index in [1.54, 1.807) is 0 Å². The first-order valence-electron chi connectivity index (χ1n) is 3.21. The lowest BCUT2D eigenvalue weighted by Gasteiger charge is -2.15. The van der Waals surface area contributed by atoms with Crippen molar-refractivity contribution in [1.29, 1.82) is 0 Å². The smallest absolute Gasteiger partial charge is 0.259 e. The van der Waals surface area contributed by atoms with E-state index in [9.17, 15) is 21.6 Å². The summed E-state index contributed by atoms with van der Waals surface area (Å²) in [5.74, 6) is 0. The number of hydrogen-bond acceptors (Lipinski definition) is 3. The molecule has 0 heterocycles. The van der Waals surface area contributed by atoms with E-state index in [1.807, 2.05) is 0 Å². The molecule has 0 fully saturated rings. The van der Waals surface area contributed by atoms with E-state index >= 15 is 0 Å². The summed E-state index contributed by atoms with van der Waals surface area (Å²) in [6, 6.07) is 0. The van der Waals surface area contributed by atoms with Gasteiger partial charge < -0.3 is 0 Å². The summed E-state index contributed by atoms with van der Waals surface area (Å²) in [7, 11) is -5.47. The van der Waals surface area contributed by atoms with Gasteiger partial charge in [-0.05, 0) is 6.92 Å². The lowest BCUT2D eigenvalue weighted by molar-refractivity contribution is -0.0566. The van der Waals surface area contributed by atoms with Gasteiger partial charge in [0.2, 0.25) is 0 Å². The average Bonchev–Trinajstić information content (AvgIpc) is 1.83. The maximum absolute atomic E-state index is 11.7. The normalized spacial score (nSPS) is 18.3. The first kappa shape index (κ1) is 13.2. The van der Waals surface area contributed by atoms with Crippen LogP contribution >= 0.6 is 15.9 Å². The number of rotatable bonds is 3. The molecule has 0 bridgehead atoms. The molecule has 0 aliphatic heterocycles. The first-order chi connectivity index (χ1) is 5.58. The first-order valence-corrected chi connectivity index (χ1v) is 5.54. The summed E-state index contributed by atoms with van der Waals surface area (Å²) in [5.41, 5.74) is -5.36. The Morgan fingerprint density at radius 2 is 1.69 bits per heavy atom. The van der Waals surface area contributed by atoms with Crippen LogP contribution in [-0.4, -0.2) is 24.9 Å². The lowest BCUT2D eigenvalue weighted by Crippen LogP contribution is -2.31. The van der Waals surface area contributed by atoms with Gasteiger partial charge in [0.05, 0.1) is 6.10 Å². The van der Waals surface area contributed by atoms with Crippen molar-refractivity contribution in [2.45, 2.75) is 30.3 Å². The Morgan fingerprint density at radius 1 is 1.31 bits per heavy atom. The maximum Gasteiger partial charge on any atom is 0.523 e. The van der Waals surface area contributed by atoms with Gasteiger partial charge in [0, 0.05) is 4.83 Å². The molecule has 0 aromatic rings. The molecule has 0 N–H and O–H groups in total. The number of halogens is 4. The van der Waals surface area contributed by atoms with Crippen molar-refractivity contribution in [3.05, 3.63) is 0 Å². The SMILES string of the molecule is CC(Br)C(C)OS(=O)(=O)C(F)(F)F. The fourth-order valence-electron chi connectivity index (χ4n) is 0.331. The average molecular weight is 285 g/mol. The highest BCUT2D eigenvalue weighted by atomic mass is 79.9. The Balaban J connectivity index is 4.55.